The van der Waals surface area contributed by atoms with Crippen LogP contribution in [0.4, 0.5) is 0 Å². The van der Waals surface area contributed by atoms with Gasteiger partial charge in [-0.2, -0.15) is 0 Å². The lowest BCUT2D eigenvalue weighted by Gasteiger charge is -2.34. The van der Waals surface area contributed by atoms with Crippen molar-refractivity contribution in [3.05, 3.63) is 11.6 Å². The van der Waals surface area contributed by atoms with Gasteiger partial charge in [0.25, 0.3) is 0 Å². The van der Waals surface area contributed by atoms with Crippen molar-refractivity contribution >= 4 is 11.6 Å². The van der Waals surface area contributed by atoms with Gasteiger partial charge in [0, 0.05) is 0 Å². The van der Waals surface area contributed by atoms with Crippen molar-refractivity contribution in [2.75, 3.05) is 0 Å². The van der Waals surface area contributed by atoms with Crippen LogP contribution in [0.2, 0.25) is 0 Å². The Bertz CT molecular complexity index is 234. The Kier molecular flexibility index (Phi) is 2.93. The second kappa shape index (κ2) is 3.89. The van der Waals surface area contributed by atoms with E-state index in [0.717, 1.165) is 12.3 Å². The molecule has 0 aliphatic heterocycles. The van der Waals surface area contributed by atoms with E-state index >= 15 is 0 Å². The Morgan fingerprint density at radius 1 is 1.29 bits per heavy atom. The third kappa shape index (κ3) is 2.34. The molecule has 0 bridgehead atoms. The molecule has 0 aromatic heterocycles. The molecule has 2 rings (SSSR count). The topological polar surface area (TPSA) is 0 Å². The summed E-state index contributed by atoms with van der Waals surface area (Å²) in [5, 5.41) is 0.286. The maximum atomic E-state index is 6.30. The van der Waals surface area contributed by atoms with Gasteiger partial charge >= 0.3 is 0 Å². The van der Waals surface area contributed by atoms with Gasteiger partial charge < -0.3 is 0 Å². The van der Waals surface area contributed by atoms with Gasteiger partial charge in [0.2, 0.25) is 0 Å². The minimum absolute atomic E-state index is 0.286. The number of hydrogen-bond acceptors (Lipinski definition) is 0. The summed E-state index contributed by atoms with van der Waals surface area (Å²) in [7, 11) is 0. The summed E-state index contributed by atoms with van der Waals surface area (Å²) in [6.45, 7) is 4.70. The summed E-state index contributed by atoms with van der Waals surface area (Å²) in [5.74, 6) is 0.871. The molecule has 0 nitrogen and oxygen atoms in total. The highest BCUT2D eigenvalue weighted by atomic mass is 35.5. The lowest BCUT2D eigenvalue weighted by molar-refractivity contribution is 0.307. The molecule has 0 aromatic rings. The van der Waals surface area contributed by atoms with Crippen molar-refractivity contribution in [1.82, 2.24) is 0 Å². The second-order valence-electron chi connectivity index (χ2n) is 5.78. The van der Waals surface area contributed by atoms with Gasteiger partial charge in [-0.3, -0.25) is 0 Å². The number of rotatable bonds is 1. The minimum Gasteiger partial charge on any atom is -0.118 e. The van der Waals surface area contributed by atoms with Crippen LogP contribution in [0.25, 0.3) is 0 Å². The smallest absolute Gasteiger partial charge is 0.0523 e. The van der Waals surface area contributed by atoms with Crippen LogP contribution in [0.15, 0.2) is 11.6 Å². The fourth-order valence-corrected chi connectivity index (χ4v) is 3.66. The Labute approximate surface area is 92.7 Å². The highest BCUT2D eigenvalue weighted by Gasteiger charge is 2.31. The molecule has 1 unspecified atom stereocenters. The van der Waals surface area contributed by atoms with Crippen molar-refractivity contribution in [2.24, 2.45) is 11.3 Å². The van der Waals surface area contributed by atoms with Crippen molar-refractivity contribution in [3.63, 3.8) is 0 Å². The van der Waals surface area contributed by atoms with Gasteiger partial charge in [-0.25, -0.2) is 0 Å². The zero-order valence-corrected chi connectivity index (χ0v) is 10.1. The first-order chi connectivity index (χ1) is 6.57. The van der Waals surface area contributed by atoms with Crippen LogP contribution in [-0.2, 0) is 0 Å². The van der Waals surface area contributed by atoms with E-state index in [1.165, 1.54) is 32.1 Å². The van der Waals surface area contributed by atoms with E-state index in [-0.39, 0.29) is 5.38 Å². The molecule has 1 heteroatoms. The molecular formula is C13H21Cl. The highest BCUT2D eigenvalue weighted by Crippen LogP contribution is 2.43. The van der Waals surface area contributed by atoms with Crippen molar-refractivity contribution < 1.29 is 0 Å². The molecular weight excluding hydrogens is 192 g/mol. The van der Waals surface area contributed by atoms with Gasteiger partial charge in [0.15, 0.2) is 0 Å². The van der Waals surface area contributed by atoms with E-state index in [0.29, 0.717) is 5.41 Å². The van der Waals surface area contributed by atoms with Crippen LogP contribution in [0.5, 0.6) is 0 Å². The molecule has 1 saturated carbocycles. The predicted octanol–water partition coefficient (Wildman–Crippen LogP) is 4.53. The van der Waals surface area contributed by atoms with Gasteiger partial charge in [0.05, 0.1) is 5.38 Å². The first-order valence-corrected chi connectivity index (χ1v) is 6.35. The van der Waals surface area contributed by atoms with E-state index in [1.807, 2.05) is 0 Å². The molecule has 2 aliphatic rings. The quantitative estimate of drug-likeness (QED) is 0.443. The maximum absolute atomic E-state index is 6.30. The summed E-state index contributed by atoms with van der Waals surface area (Å²) < 4.78 is 0. The summed E-state index contributed by atoms with van der Waals surface area (Å²) in [6.07, 6.45) is 10.4. The van der Waals surface area contributed by atoms with Crippen molar-refractivity contribution in [1.29, 1.82) is 0 Å². The Morgan fingerprint density at radius 3 is 2.50 bits per heavy atom. The van der Waals surface area contributed by atoms with Crippen LogP contribution in [0, 0.1) is 11.3 Å². The molecule has 2 aliphatic carbocycles. The van der Waals surface area contributed by atoms with Crippen LogP contribution in [0.3, 0.4) is 0 Å². The number of alkyl halides is 1. The van der Waals surface area contributed by atoms with E-state index < -0.39 is 0 Å². The van der Waals surface area contributed by atoms with Crippen LogP contribution in [-0.4, -0.2) is 5.38 Å². The fraction of sp³-hybridized carbons (Fsp3) is 0.846. The SMILES string of the molecule is CC1(C)CC(C2CCCC2)=CC(Cl)C1. The summed E-state index contributed by atoms with van der Waals surface area (Å²) >= 11 is 6.30. The van der Waals surface area contributed by atoms with E-state index in [2.05, 4.69) is 19.9 Å². The average molecular weight is 213 g/mol. The first kappa shape index (κ1) is 10.5. The molecule has 0 N–H and O–H groups in total. The van der Waals surface area contributed by atoms with Crippen molar-refractivity contribution in [2.45, 2.75) is 57.7 Å². The molecule has 0 radical (unpaired) electrons. The van der Waals surface area contributed by atoms with Gasteiger partial charge in [-0.1, -0.05) is 38.3 Å². The fourth-order valence-electron chi connectivity index (χ4n) is 3.08. The molecule has 0 aromatic carbocycles. The second-order valence-corrected chi connectivity index (χ2v) is 6.34. The molecule has 0 heterocycles. The number of hydrogen-bond donors (Lipinski definition) is 0. The number of allylic oxidation sites excluding steroid dienone is 2. The van der Waals surface area contributed by atoms with E-state index in [1.54, 1.807) is 5.57 Å². The summed E-state index contributed by atoms with van der Waals surface area (Å²) in [6, 6.07) is 0. The lowest BCUT2D eigenvalue weighted by Crippen LogP contribution is -2.24. The third-order valence-corrected chi connectivity index (χ3v) is 3.99. The zero-order valence-electron chi connectivity index (χ0n) is 9.35. The van der Waals surface area contributed by atoms with Gasteiger partial charge in [-0.15, -0.1) is 11.6 Å². The molecule has 0 saturated heterocycles. The molecule has 80 valence electrons. The third-order valence-electron chi connectivity index (χ3n) is 3.70. The minimum atomic E-state index is 0.286. The Hall–Kier alpha value is 0.0300. The average Bonchev–Trinajstić information content (AvgIpc) is 2.51. The molecule has 1 fully saturated rings. The largest absolute Gasteiger partial charge is 0.118 e. The number of halogens is 1. The predicted molar refractivity (Wildman–Crippen MR) is 62.7 cm³/mol. The van der Waals surface area contributed by atoms with Crippen LogP contribution in [0.1, 0.15) is 52.4 Å². The lowest BCUT2D eigenvalue weighted by atomic mass is 9.73. The summed E-state index contributed by atoms with van der Waals surface area (Å²) in [5.41, 5.74) is 2.10. The first-order valence-electron chi connectivity index (χ1n) is 5.91. The van der Waals surface area contributed by atoms with Gasteiger partial charge in [0.1, 0.15) is 0 Å². The maximum Gasteiger partial charge on any atom is 0.0523 e. The molecule has 1 atom stereocenters. The molecule has 0 amide bonds. The van der Waals surface area contributed by atoms with E-state index in [4.69, 9.17) is 11.6 Å². The van der Waals surface area contributed by atoms with Crippen LogP contribution < -0.4 is 0 Å². The Morgan fingerprint density at radius 2 is 1.93 bits per heavy atom. The standard InChI is InChI=1S/C13H21Cl/c1-13(2)8-11(7-12(14)9-13)10-5-3-4-6-10/h7,10,12H,3-6,8-9H2,1-2H3. The molecule has 0 spiro atoms. The Balaban J connectivity index is 2.10. The highest BCUT2D eigenvalue weighted by molar-refractivity contribution is 6.21. The van der Waals surface area contributed by atoms with E-state index in [9.17, 15) is 0 Å². The van der Waals surface area contributed by atoms with Crippen LogP contribution >= 0.6 is 11.6 Å². The molecule has 14 heavy (non-hydrogen) atoms. The monoisotopic (exact) mass is 212 g/mol. The van der Waals surface area contributed by atoms with Gasteiger partial charge in [-0.05, 0) is 37.0 Å². The normalized spacial score (nSPS) is 33.1. The summed E-state index contributed by atoms with van der Waals surface area (Å²) in [4.78, 5) is 0. The zero-order chi connectivity index (χ0) is 10.2. The van der Waals surface area contributed by atoms with Crippen molar-refractivity contribution in [3.8, 4) is 0 Å².